The molecule has 0 spiro atoms. The molecule has 5 unspecified atom stereocenters. The van der Waals surface area contributed by atoms with Gasteiger partial charge in [0.15, 0.2) is 12.6 Å². The average molecular weight is 562 g/mol. The lowest BCUT2D eigenvalue weighted by Gasteiger charge is -2.41. The van der Waals surface area contributed by atoms with Gasteiger partial charge in [-0.3, -0.25) is 0 Å². The average Bonchev–Trinajstić information content (AvgIpc) is 2.91. The van der Waals surface area contributed by atoms with Crippen molar-refractivity contribution in [1.82, 2.24) is 4.90 Å². The standard InChI is InChI=1S/C32H67NO6/c1-7-9-10-11-12-13-14-15-16-17-18-19-20-21-22-23-32(8-2)33(28(3)38-30(5)36-26-24-34)29(4)39-31(6)37-27-25-35/h28-32,34-35H,7-27H2,1-6H3. The maximum absolute atomic E-state index is 9.06. The first-order valence-corrected chi connectivity index (χ1v) is 16.4. The van der Waals surface area contributed by atoms with Gasteiger partial charge in [0.25, 0.3) is 0 Å². The summed E-state index contributed by atoms with van der Waals surface area (Å²) in [5.74, 6) is 0. The minimum absolute atomic E-state index is 0.0260. The van der Waals surface area contributed by atoms with Crippen molar-refractivity contribution in [2.75, 3.05) is 26.4 Å². The molecule has 0 amide bonds. The molecule has 0 radical (unpaired) electrons. The summed E-state index contributed by atoms with van der Waals surface area (Å²) in [4.78, 5) is 2.28. The lowest BCUT2D eigenvalue weighted by atomic mass is 10.0. The Morgan fingerprint density at radius 1 is 0.538 bits per heavy atom. The van der Waals surface area contributed by atoms with Crippen molar-refractivity contribution in [3.05, 3.63) is 0 Å². The molecule has 7 heteroatoms. The second-order valence-corrected chi connectivity index (χ2v) is 11.0. The molecule has 5 atom stereocenters. The van der Waals surface area contributed by atoms with Crippen LogP contribution in [0.3, 0.4) is 0 Å². The second kappa shape index (κ2) is 27.9. The van der Waals surface area contributed by atoms with E-state index >= 15 is 0 Å². The molecule has 0 aromatic rings. The Morgan fingerprint density at radius 3 is 1.23 bits per heavy atom. The van der Waals surface area contributed by atoms with Crippen molar-refractivity contribution in [1.29, 1.82) is 0 Å². The van der Waals surface area contributed by atoms with Crippen LogP contribution in [-0.4, -0.2) is 72.6 Å². The van der Waals surface area contributed by atoms with Crippen LogP contribution < -0.4 is 0 Å². The summed E-state index contributed by atoms with van der Waals surface area (Å²) in [6.45, 7) is 12.7. The first kappa shape index (κ1) is 38.7. The molecule has 0 saturated carbocycles. The fourth-order valence-corrected chi connectivity index (χ4v) is 5.42. The summed E-state index contributed by atoms with van der Waals surface area (Å²) in [5.41, 5.74) is 0. The van der Waals surface area contributed by atoms with Crippen LogP contribution in [0.2, 0.25) is 0 Å². The highest BCUT2D eigenvalue weighted by atomic mass is 16.7. The van der Waals surface area contributed by atoms with Gasteiger partial charge in [0.2, 0.25) is 0 Å². The van der Waals surface area contributed by atoms with Crippen LogP contribution in [0.1, 0.15) is 151 Å². The molecule has 0 aliphatic carbocycles. The van der Waals surface area contributed by atoms with E-state index in [2.05, 4.69) is 18.7 Å². The molecule has 0 aliphatic heterocycles. The molecule has 0 heterocycles. The molecule has 236 valence electrons. The minimum atomic E-state index is -0.423. The molecule has 0 rings (SSSR count). The van der Waals surface area contributed by atoms with E-state index in [0.717, 1.165) is 12.8 Å². The third kappa shape index (κ3) is 22.0. The molecule has 0 aromatic carbocycles. The van der Waals surface area contributed by atoms with E-state index in [4.69, 9.17) is 29.2 Å². The Balaban J connectivity index is 4.42. The van der Waals surface area contributed by atoms with Crippen LogP contribution in [0, 0.1) is 0 Å². The van der Waals surface area contributed by atoms with Crippen LogP contribution in [0.25, 0.3) is 0 Å². The quantitative estimate of drug-likeness (QED) is 0.0685. The van der Waals surface area contributed by atoms with Crippen molar-refractivity contribution < 1.29 is 29.2 Å². The van der Waals surface area contributed by atoms with Gasteiger partial charge in [-0.05, 0) is 40.5 Å². The predicted molar refractivity (Wildman–Crippen MR) is 162 cm³/mol. The Labute approximate surface area is 242 Å². The zero-order valence-corrected chi connectivity index (χ0v) is 26.7. The molecular formula is C32H67NO6. The Morgan fingerprint density at radius 2 is 0.897 bits per heavy atom. The van der Waals surface area contributed by atoms with Gasteiger partial charge in [-0.15, -0.1) is 0 Å². The normalized spacial score (nSPS) is 15.9. The zero-order valence-electron chi connectivity index (χ0n) is 26.7. The fourth-order valence-electron chi connectivity index (χ4n) is 5.42. The fraction of sp³-hybridized carbons (Fsp3) is 1.00. The van der Waals surface area contributed by atoms with E-state index in [9.17, 15) is 0 Å². The summed E-state index contributed by atoms with van der Waals surface area (Å²) in [6.07, 6.45) is 21.3. The van der Waals surface area contributed by atoms with Gasteiger partial charge >= 0.3 is 0 Å². The topological polar surface area (TPSA) is 80.6 Å². The predicted octanol–water partition coefficient (Wildman–Crippen LogP) is 7.76. The molecule has 0 aromatic heterocycles. The van der Waals surface area contributed by atoms with E-state index in [1.54, 1.807) is 0 Å². The molecule has 7 nitrogen and oxygen atoms in total. The first-order valence-electron chi connectivity index (χ1n) is 16.4. The Kier molecular flexibility index (Phi) is 27.7. The molecule has 0 fully saturated rings. The minimum Gasteiger partial charge on any atom is -0.394 e. The molecule has 39 heavy (non-hydrogen) atoms. The number of nitrogens with zero attached hydrogens (tertiary/aromatic N) is 1. The molecule has 0 bridgehead atoms. The van der Waals surface area contributed by atoms with Gasteiger partial charge in [0.05, 0.1) is 26.4 Å². The van der Waals surface area contributed by atoms with Gasteiger partial charge in [-0.1, -0.05) is 110 Å². The Hall–Kier alpha value is -0.280. The highest BCUT2D eigenvalue weighted by molar-refractivity contribution is 4.74. The molecule has 0 saturated heterocycles. The molecule has 2 N–H and O–H groups in total. The maximum atomic E-state index is 9.06. The van der Waals surface area contributed by atoms with Crippen molar-refractivity contribution in [3.8, 4) is 0 Å². The number of hydrogen-bond acceptors (Lipinski definition) is 7. The van der Waals surface area contributed by atoms with Crippen LogP contribution in [0.5, 0.6) is 0 Å². The molecular weight excluding hydrogens is 494 g/mol. The van der Waals surface area contributed by atoms with Crippen molar-refractivity contribution in [2.45, 2.75) is 182 Å². The summed E-state index contributed by atoms with van der Waals surface area (Å²) < 4.78 is 23.4. The van der Waals surface area contributed by atoms with Crippen molar-refractivity contribution >= 4 is 0 Å². The highest BCUT2D eigenvalue weighted by Gasteiger charge is 2.30. The second-order valence-electron chi connectivity index (χ2n) is 11.0. The number of unbranched alkanes of at least 4 members (excludes halogenated alkanes) is 14. The van der Waals surface area contributed by atoms with E-state index < -0.39 is 12.6 Å². The van der Waals surface area contributed by atoms with E-state index in [-0.39, 0.29) is 38.9 Å². The zero-order chi connectivity index (χ0) is 29.1. The summed E-state index contributed by atoms with van der Waals surface area (Å²) >= 11 is 0. The van der Waals surface area contributed by atoms with Crippen molar-refractivity contribution in [3.63, 3.8) is 0 Å². The van der Waals surface area contributed by atoms with Crippen LogP contribution in [-0.2, 0) is 18.9 Å². The van der Waals surface area contributed by atoms with Gasteiger partial charge < -0.3 is 29.2 Å². The van der Waals surface area contributed by atoms with E-state index in [0.29, 0.717) is 6.04 Å². The largest absolute Gasteiger partial charge is 0.394 e. The third-order valence-corrected chi connectivity index (χ3v) is 7.54. The Bertz CT molecular complexity index is 475. The number of aliphatic hydroxyl groups excluding tert-OH is 2. The van der Waals surface area contributed by atoms with Gasteiger partial charge in [-0.25, -0.2) is 4.90 Å². The maximum Gasteiger partial charge on any atom is 0.156 e. The lowest BCUT2D eigenvalue weighted by molar-refractivity contribution is -0.259. The van der Waals surface area contributed by atoms with Gasteiger partial charge in [0, 0.05) is 6.04 Å². The van der Waals surface area contributed by atoms with Crippen LogP contribution >= 0.6 is 0 Å². The monoisotopic (exact) mass is 561 g/mol. The van der Waals surface area contributed by atoms with E-state index in [1.165, 1.54) is 96.3 Å². The van der Waals surface area contributed by atoms with Crippen LogP contribution in [0.4, 0.5) is 0 Å². The number of rotatable bonds is 30. The number of ether oxygens (including phenoxy) is 4. The van der Waals surface area contributed by atoms with E-state index in [1.807, 2.05) is 27.7 Å². The first-order chi connectivity index (χ1) is 18.9. The SMILES string of the molecule is CCCCCCCCCCCCCCCCCC(CC)N(C(C)OC(C)OCCO)C(C)OC(C)OCCO. The van der Waals surface area contributed by atoms with Crippen molar-refractivity contribution in [2.24, 2.45) is 0 Å². The smallest absolute Gasteiger partial charge is 0.156 e. The number of hydrogen-bond donors (Lipinski definition) is 2. The highest BCUT2D eigenvalue weighted by Crippen LogP contribution is 2.23. The lowest BCUT2D eigenvalue weighted by Crippen LogP contribution is -2.51. The van der Waals surface area contributed by atoms with Gasteiger partial charge in [-0.2, -0.15) is 0 Å². The van der Waals surface area contributed by atoms with Crippen LogP contribution in [0.15, 0.2) is 0 Å². The summed E-state index contributed by atoms with van der Waals surface area (Å²) in [5, 5.41) is 18.1. The summed E-state index contributed by atoms with van der Waals surface area (Å²) in [6, 6.07) is 0.312. The summed E-state index contributed by atoms with van der Waals surface area (Å²) in [7, 11) is 0. The molecule has 0 aliphatic rings. The third-order valence-electron chi connectivity index (χ3n) is 7.54. The number of aliphatic hydroxyl groups is 2. The van der Waals surface area contributed by atoms with Gasteiger partial charge in [0.1, 0.15) is 12.5 Å².